The lowest BCUT2D eigenvalue weighted by molar-refractivity contribution is 1.12. The van der Waals surface area contributed by atoms with Crippen molar-refractivity contribution in [2.75, 3.05) is 0 Å². The first-order valence-corrected chi connectivity index (χ1v) is 4.44. The number of rotatable bonds is 0. The molecule has 0 unspecified atom stereocenters. The number of hydrogen-bond donors (Lipinski definition) is 0. The van der Waals surface area contributed by atoms with Gasteiger partial charge in [-0.1, -0.05) is 6.07 Å². The molecule has 56 valence electrons. The smallest absolute Gasteiger partial charge is 0.137 e. The summed E-state index contributed by atoms with van der Waals surface area (Å²) in [5.74, 6) is 0. The van der Waals surface area contributed by atoms with Crippen molar-refractivity contribution >= 4 is 28.2 Å². The molecule has 0 aliphatic rings. The second kappa shape index (κ2) is 2.48. The molecule has 0 bridgehead atoms. The summed E-state index contributed by atoms with van der Waals surface area (Å²) in [5, 5.41) is 0. The van der Waals surface area contributed by atoms with Gasteiger partial charge in [0.2, 0.25) is 0 Å². The highest BCUT2D eigenvalue weighted by molar-refractivity contribution is 14.1. The SMILES string of the molecule is Cc1ccc2ncc(I)n2c1. The molecule has 0 saturated carbocycles. The molecule has 2 aromatic heterocycles. The van der Waals surface area contributed by atoms with Gasteiger partial charge in [0.15, 0.2) is 0 Å². The number of nitrogens with zero attached hydrogens (tertiary/aromatic N) is 2. The van der Waals surface area contributed by atoms with Crippen LogP contribution in [0.3, 0.4) is 0 Å². The van der Waals surface area contributed by atoms with Crippen molar-refractivity contribution in [1.29, 1.82) is 0 Å². The van der Waals surface area contributed by atoms with Gasteiger partial charge in [-0.15, -0.1) is 0 Å². The van der Waals surface area contributed by atoms with Crippen LogP contribution in [0, 0.1) is 10.6 Å². The van der Waals surface area contributed by atoms with Crippen LogP contribution in [0.5, 0.6) is 0 Å². The van der Waals surface area contributed by atoms with Gasteiger partial charge in [-0.2, -0.15) is 0 Å². The molecule has 0 saturated heterocycles. The van der Waals surface area contributed by atoms with Gasteiger partial charge in [0.25, 0.3) is 0 Å². The Bertz CT molecular complexity index is 392. The lowest BCUT2D eigenvalue weighted by Gasteiger charge is -1.95. The summed E-state index contributed by atoms with van der Waals surface area (Å²) in [4.78, 5) is 4.21. The fourth-order valence-corrected chi connectivity index (χ4v) is 1.58. The summed E-state index contributed by atoms with van der Waals surface area (Å²) in [6.07, 6.45) is 3.96. The fourth-order valence-electron chi connectivity index (χ4n) is 1.06. The number of aryl methyl sites for hydroxylation is 1. The minimum atomic E-state index is 1.01. The maximum Gasteiger partial charge on any atom is 0.137 e. The molecule has 0 radical (unpaired) electrons. The van der Waals surface area contributed by atoms with E-state index in [4.69, 9.17) is 0 Å². The Morgan fingerprint density at radius 1 is 1.45 bits per heavy atom. The van der Waals surface area contributed by atoms with E-state index in [1.165, 1.54) is 5.56 Å². The molecule has 0 amide bonds. The summed E-state index contributed by atoms with van der Waals surface area (Å²) in [6.45, 7) is 2.08. The summed E-state index contributed by atoms with van der Waals surface area (Å²) in [5.41, 5.74) is 2.27. The molecule has 0 spiro atoms. The third-order valence-corrected chi connectivity index (χ3v) is 2.41. The van der Waals surface area contributed by atoms with Crippen LogP contribution in [0.25, 0.3) is 5.65 Å². The summed E-state index contributed by atoms with van der Waals surface area (Å²) in [6, 6.07) is 4.09. The first-order chi connectivity index (χ1) is 5.27. The van der Waals surface area contributed by atoms with E-state index in [-0.39, 0.29) is 0 Å². The molecule has 2 nitrogen and oxygen atoms in total. The number of halogens is 1. The van der Waals surface area contributed by atoms with Crippen molar-refractivity contribution in [3.8, 4) is 0 Å². The fraction of sp³-hybridized carbons (Fsp3) is 0.125. The van der Waals surface area contributed by atoms with Gasteiger partial charge in [-0.25, -0.2) is 4.98 Å². The Balaban J connectivity index is 2.87. The van der Waals surface area contributed by atoms with Crippen molar-refractivity contribution < 1.29 is 0 Å². The van der Waals surface area contributed by atoms with Crippen molar-refractivity contribution in [2.24, 2.45) is 0 Å². The zero-order chi connectivity index (χ0) is 7.84. The van der Waals surface area contributed by atoms with Crippen LogP contribution >= 0.6 is 22.6 Å². The predicted octanol–water partition coefficient (Wildman–Crippen LogP) is 2.25. The van der Waals surface area contributed by atoms with Crippen molar-refractivity contribution in [2.45, 2.75) is 6.92 Å². The molecular weight excluding hydrogens is 251 g/mol. The van der Waals surface area contributed by atoms with E-state index in [1.54, 1.807) is 0 Å². The Kier molecular flexibility index (Phi) is 1.60. The van der Waals surface area contributed by atoms with E-state index in [9.17, 15) is 0 Å². The second-order valence-corrected chi connectivity index (χ2v) is 3.62. The molecule has 0 atom stereocenters. The number of hydrogen-bond acceptors (Lipinski definition) is 1. The van der Waals surface area contributed by atoms with Gasteiger partial charge in [-0.3, -0.25) is 4.40 Å². The molecule has 2 aromatic rings. The zero-order valence-electron chi connectivity index (χ0n) is 6.08. The lowest BCUT2D eigenvalue weighted by Crippen LogP contribution is -1.86. The summed E-state index contributed by atoms with van der Waals surface area (Å²) in [7, 11) is 0. The quantitative estimate of drug-likeness (QED) is 0.662. The van der Waals surface area contributed by atoms with Gasteiger partial charge < -0.3 is 0 Å². The third-order valence-electron chi connectivity index (χ3n) is 1.61. The highest BCUT2D eigenvalue weighted by Crippen LogP contribution is 2.09. The van der Waals surface area contributed by atoms with Crippen LogP contribution in [0.4, 0.5) is 0 Å². The molecule has 11 heavy (non-hydrogen) atoms. The van der Waals surface area contributed by atoms with Crippen LogP contribution < -0.4 is 0 Å². The maximum absolute atomic E-state index is 4.21. The minimum absolute atomic E-state index is 1.01. The topological polar surface area (TPSA) is 17.3 Å². The van der Waals surface area contributed by atoms with Crippen molar-refractivity contribution in [1.82, 2.24) is 9.38 Å². The van der Waals surface area contributed by atoms with Gasteiger partial charge in [0.05, 0.1) is 6.20 Å². The highest BCUT2D eigenvalue weighted by Gasteiger charge is 1.97. The van der Waals surface area contributed by atoms with E-state index >= 15 is 0 Å². The zero-order valence-corrected chi connectivity index (χ0v) is 8.24. The molecule has 0 aliphatic heterocycles. The van der Waals surface area contributed by atoms with Crippen LogP contribution in [0.15, 0.2) is 24.5 Å². The molecule has 2 heterocycles. The Hall–Kier alpha value is -0.580. The standard InChI is InChI=1S/C8H7IN2/c1-6-2-3-8-10-4-7(9)11(8)5-6/h2-5H,1H3. The Labute approximate surface area is 78.4 Å². The normalized spacial score (nSPS) is 10.7. The number of imidazole rings is 1. The number of pyridine rings is 1. The average molecular weight is 258 g/mol. The van der Waals surface area contributed by atoms with Crippen LogP contribution in [-0.2, 0) is 0 Å². The average Bonchev–Trinajstić information content (AvgIpc) is 2.33. The molecule has 3 heteroatoms. The Morgan fingerprint density at radius 2 is 2.27 bits per heavy atom. The first-order valence-electron chi connectivity index (χ1n) is 3.36. The van der Waals surface area contributed by atoms with Crippen LogP contribution in [0.1, 0.15) is 5.56 Å². The molecular formula is C8H7IN2. The van der Waals surface area contributed by atoms with E-state index in [2.05, 4.69) is 51.2 Å². The monoisotopic (exact) mass is 258 g/mol. The molecule has 0 N–H and O–H groups in total. The van der Waals surface area contributed by atoms with Gasteiger partial charge in [-0.05, 0) is 41.1 Å². The summed E-state index contributed by atoms with van der Waals surface area (Å²) < 4.78 is 3.23. The van der Waals surface area contributed by atoms with E-state index in [1.807, 2.05) is 12.3 Å². The van der Waals surface area contributed by atoms with Gasteiger partial charge in [0.1, 0.15) is 9.35 Å². The Morgan fingerprint density at radius 3 is 3.09 bits per heavy atom. The molecule has 0 aliphatic carbocycles. The minimum Gasteiger partial charge on any atom is -0.295 e. The lowest BCUT2D eigenvalue weighted by atomic mass is 10.3. The van der Waals surface area contributed by atoms with Crippen molar-refractivity contribution in [3.63, 3.8) is 0 Å². The molecule has 0 fully saturated rings. The number of aromatic nitrogens is 2. The largest absolute Gasteiger partial charge is 0.295 e. The maximum atomic E-state index is 4.21. The molecule has 2 rings (SSSR count). The van der Waals surface area contributed by atoms with E-state index in [0.29, 0.717) is 0 Å². The van der Waals surface area contributed by atoms with Crippen molar-refractivity contribution in [3.05, 3.63) is 33.8 Å². The second-order valence-electron chi connectivity index (χ2n) is 2.52. The predicted molar refractivity (Wildman–Crippen MR) is 52.6 cm³/mol. The highest BCUT2D eigenvalue weighted by atomic mass is 127. The van der Waals surface area contributed by atoms with Crippen LogP contribution in [-0.4, -0.2) is 9.38 Å². The summed E-state index contributed by atoms with van der Waals surface area (Å²) >= 11 is 2.27. The number of fused-ring (bicyclic) bond motifs is 1. The van der Waals surface area contributed by atoms with E-state index in [0.717, 1.165) is 9.35 Å². The van der Waals surface area contributed by atoms with Gasteiger partial charge >= 0.3 is 0 Å². The van der Waals surface area contributed by atoms with Crippen LogP contribution in [0.2, 0.25) is 0 Å². The molecule has 0 aromatic carbocycles. The third kappa shape index (κ3) is 1.13. The first kappa shape index (κ1) is 7.09. The van der Waals surface area contributed by atoms with E-state index < -0.39 is 0 Å². The van der Waals surface area contributed by atoms with Gasteiger partial charge in [0, 0.05) is 6.20 Å².